The largest absolute Gasteiger partial charge is 0.341 e. The summed E-state index contributed by atoms with van der Waals surface area (Å²) in [7, 11) is 1.92. The molecular weight excluding hydrogens is 274 g/mol. The maximum absolute atomic E-state index is 13.3. The number of likely N-dealkylation sites (tertiary alicyclic amines) is 1. The number of halogens is 2. The molecule has 1 N–H and O–H groups in total. The van der Waals surface area contributed by atoms with Crippen LogP contribution in [0.4, 0.5) is 8.78 Å². The predicted octanol–water partition coefficient (Wildman–Crippen LogP) is 2.28. The number of piperidine rings is 1. The Balaban J connectivity index is 1.64. The second kappa shape index (κ2) is 5.72. The van der Waals surface area contributed by atoms with E-state index >= 15 is 0 Å². The van der Waals surface area contributed by atoms with E-state index in [0.29, 0.717) is 6.04 Å². The summed E-state index contributed by atoms with van der Waals surface area (Å²) in [5.41, 5.74) is 0.731. The zero-order valence-electron chi connectivity index (χ0n) is 12.1. The minimum atomic E-state index is -0.838. The molecule has 0 aromatic heterocycles. The van der Waals surface area contributed by atoms with Crippen molar-refractivity contribution in [3.05, 3.63) is 35.4 Å². The Morgan fingerprint density at radius 2 is 2.14 bits per heavy atom. The molecule has 1 aliphatic heterocycles. The number of hydrogen-bond acceptors (Lipinski definition) is 2. The molecule has 0 bridgehead atoms. The van der Waals surface area contributed by atoms with Crippen LogP contribution in [0.5, 0.6) is 0 Å². The summed E-state index contributed by atoms with van der Waals surface area (Å²) in [5, 5.41) is 3.22. The average molecular weight is 294 g/mol. The number of nitrogens with zero attached hydrogens (tertiary/aromatic N) is 1. The Morgan fingerprint density at radius 1 is 1.33 bits per heavy atom. The highest BCUT2D eigenvalue weighted by Crippen LogP contribution is 2.48. The van der Waals surface area contributed by atoms with Crippen molar-refractivity contribution >= 4 is 5.91 Å². The molecular formula is C16H20F2N2O. The Morgan fingerprint density at radius 3 is 2.86 bits per heavy atom. The molecule has 1 aliphatic carbocycles. The standard InChI is InChI=1S/C16H20F2N2O/c1-19-11-3-2-6-20(9-11)16(21)13-8-12(13)10-4-5-14(17)15(18)7-10/h4-5,7,11-13,19H,2-3,6,8-9H2,1H3. The van der Waals surface area contributed by atoms with Gasteiger partial charge < -0.3 is 10.2 Å². The van der Waals surface area contributed by atoms with Crippen LogP contribution in [-0.2, 0) is 4.79 Å². The van der Waals surface area contributed by atoms with E-state index in [4.69, 9.17) is 0 Å². The molecule has 5 heteroatoms. The van der Waals surface area contributed by atoms with Crippen LogP contribution in [0.1, 0.15) is 30.7 Å². The first kappa shape index (κ1) is 14.4. The third kappa shape index (κ3) is 2.93. The molecule has 2 fully saturated rings. The summed E-state index contributed by atoms with van der Waals surface area (Å²) in [4.78, 5) is 14.4. The van der Waals surface area contributed by atoms with Crippen molar-refractivity contribution in [2.45, 2.75) is 31.2 Å². The number of nitrogens with one attached hydrogen (secondary N) is 1. The minimum Gasteiger partial charge on any atom is -0.341 e. The molecule has 1 heterocycles. The van der Waals surface area contributed by atoms with Crippen LogP contribution in [0.25, 0.3) is 0 Å². The Labute approximate surface area is 123 Å². The van der Waals surface area contributed by atoms with Gasteiger partial charge in [-0.15, -0.1) is 0 Å². The first-order chi connectivity index (χ1) is 10.1. The fourth-order valence-electron chi connectivity index (χ4n) is 3.23. The van der Waals surface area contributed by atoms with Gasteiger partial charge in [0.05, 0.1) is 0 Å². The molecule has 0 radical (unpaired) electrons. The van der Waals surface area contributed by atoms with Crippen LogP contribution < -0.4 is 5.32 Å². The summed E-state index contributed by atoms with van der Waals surface area (Å²) in [6.07, 6.45) is 2.85. The maximum Gasteiger partial charge on any atom is 0.226 e. The van der Waals surface area contributed by atoms with E-state index in [1.54, 1.807) is 6.07 Å². The lowest BCUT2D eigenvalue weighted by atomic mass is 10.0. The van der Waals surface area contributed by atoms with Gasteiger partial charge >= 0.3 is 0 Å². The number of likely N-dealkylation sites (N-methyl/N-ethyl adjacent to an activating group) is 1. The molecule has 1 aromatic rings. The van der Waals surface area contributed by atoms with Gasteiger partial charge in [-0.05, 0) is 49.9 Å². The van der Waals surface area contributed by atoms with Gasteiger partial charge in [0.15, 0.2) is 11.6 Å². The molecule has 1 aromatic carbocycles. The van der Waals surface area contributed by atoms with Crippen LogP contribution in [0.2, 0.25) is 0 Å². The van der Waals surface area contributed by atoms with Crippen molar-refractivity contribution in [1.29, 1.82) is 0 Å². The molecule has 3 nitrogen and oxygen atoms in total. The summed E-state index contributed by atoms with van der Waals surface area (Å²) >= 11 is 0. The molecule has 2 aliphatic rings. The number of amides is 1. The van der Waals surface area contributed by atoms with Gasteiger partial charge in [0.2, 0.25) is 5.91 Å². The van der Waals surface area contributed by atoms with Crippen molar-refractivity contribution in [2.24, 2.45) is 5.92 Å². The van der Waals surface area contributed by atoms with E-state index in [1.807, 2.05) is 11.9 Å². The second-order valence-electron chi connectivity index (χ2n) is 6.03. The summed E-state index contributed by atoms with van der Waals surface area (Å²) in [6, 6.07) is 4.31. The van der Waals surface area contributed by atoms with Crippen molar-refractivity contribution in [3.8, 4) is 0 Å². The normalized spacial score (nSPS) is 28.5. The first-order valence-electron chi connectivity index (χ1n) is 7.51. The molecule has 1 saturated carbocycles. The minimum absolute atomic E-state index is 0.0440. The van der Waals surface area contributed by atoms with Crippen LogP contribution in [0, 0.1) is 17.6 Å². The van der Waals surface area contributed by atoms with E-state index in [-0.39, 0.29) is 17.7 Å². The van der Waals surface area contributed by atoms with Gasteiger partial charge in [-0.25, -0.2) is 8.78 Å². The van der Waals surface area contributed by atoms with Crippen LogP contribution in [0.15, 0.2) is 18.2 Å². The van der Waals surface area contributed by atoms with Crippen LogP contribution in [0.3, 0.4) is 0 Å². The Hall–Kier alpha value is -1.49. The van der Waals surface area contributed by atoms with Crippen LogP contribution >= 0.6 is 0 Å². The highest BCUT2D eigenvalue weighted by atomic mass is 19.2. The average Bonchev–Trinajstić information content (AvgIpc) is 3.30. The van der Waals surface area contributed by atoms with Crippen molar-refractivity contribution in [3.63, 3.8) is 0 Å². The lowest BCUT2D eigenvalue weighted by Crippen LogP contribution is -2.47. The van der Waals surface area contributed by atoms with Gasteiger partial charge in [0.1, 0.15) is 0 Å². The predicted molar refractivity (Wildman–Crippen MR) is 75.9 cm³/mol. The number of carbonyl (C=O) groups is 1. The number of carbonyl (C=O) groups excluding carboxylic acids is 1. The molecule has 3 rings (SSSR count). The van der Waals surface area contributed by atoms with Gasteiger partial charge in [-0.2, -0.15) is 0 Å². The molecule has 114 valence electrons. The second-order valence-corrected chi connectivity index (χ2v) is 6.03. The van der Waals surface area contributed by atoms with E-state index < -0.39 is 11.6 Å². The van der Waals surface area contributed by atoms with Gasteiger partial charge in [0, 0.05) is 25.0 Å². The van der Waals surface area contributed by atoms with Crippen molar-refractivity contribution in [2.75, 3.05) is 20.1 Å². The highest BCUT2D eigenvalue weighted by molar-refractivity contribution is 5.83. The number of benzene rings is 1. The topological polar surface area (TPSA) is 32.3 Å². The van der Waals surface area contributed by atoms with Crippen molar-refractivity contribution < 1.29 is 13.6 Å². The van der Waals surface area contributed by atoms with E-state index in [1.165, 1.54) is 6.07 Å². The first-order valence-corrected chi connectivity index (χ1v) is 7.51. The number of rotatable bonds is 3. The van der Waals surface area contributed by atoms with E-state index in [9.17, 15) is 13.6 Å². The lowest BCUT2D eigenvalue weighted by molar-refractivity contribution is -0.134. The third-order valence-corrected chi connectivity index (χ3v) is 4.62. The summed E-state index contributed by atoms with van der Waals surface area (Å²) < 4.78 is 26.2. The zero-order valence-corrected chi connectivity index (χ0v) is 12.1. The van der Waals surface area contributed by atoms with Crippen LogP contribution in [-0.4, -0.2) is 37.0 Å². The molecule has 21 heavy (non-hydrogen) atoms. The van der Waals surface area contributed by atoms with E-state index in [0.717, 1.165) is 44.0 Å². The number of hydrogen-bond donors (Lipinski definition) is 1. The molecule has 1 saturated heterocycles. The fourth-order valence-corrected chi connectivity index (χ4v) is 3.23. The van der Waals surface area contributed by atoms with Crippen molar-refractivity contribution in [1.82, 2.24) is 10.2 Å². The lowest BCUT2D eigenvalue weighted by Gasteiger charge is -2.32. The van der Waals surface area contributed by atoms with Gasteiger partial charge in [-0.1, -0.05) is 6.07 Å². The summed E-state index contributed by atoms with van der Waals surface area (Å²) in [5.74, 6) is -1.54. The monoisotopic (exact) mass is 294 g/mol. The SMILES string of the molecule is CNC1CCCN(C(=O)C2CC2c2ccc(F)c(F)c2)C1. The maximum atomic E-state index is 13.3. The molecule has 3 atom stereocenters. The summed E-state index contributed by atoms with van der Waals surface area (Å²) in [6.45, 7) is 1.55. The zero-order chi connectivity index (χ0) is 15.0. The highest BCUT2D eigenvalue weighted by Gasteiger charge is 2.46. The van der Waals surface area contributed by atoms with Gasteiger partial charge in [-0.3, -0.25) is 4.79 Å². The van der Waals surface area contributed by atoms with E-state index in [2.05, 4.69) is 5.32 Å². The fraction of sp³-hybridized carbons (Fsp3) is 0.562. The molecule has 3 unspecified atom stereocenters. The Kier molecular flexibility index (Phi) is 3.93. The third-order valence-electron chi connectivity index (χ3n) is 4.62. The quantitative estimate of drug-likeness (QED) is 0.927. The Bertz CT molecular complexity index is 549. The molecule has 1 amide bonds. The molecule has 0 spiro atoms. The van der Waals surface area contributed by atoms with Gasteiger partial charge in [0.25, 0.3) is 0 Å². The smallest absolute Gasteiger partial charge is 0.226 e.